The van der Waals surface area contributed by atoms with Crippen LogP contribution >= 0.6 is 0 Å². The molecule has 0 amide bonds. The highest BCUT2D eigenvalue weighted by Gasteiger charge is 2.11. The summed E-state index contributed by atoms with van der Waals surface area (Å²) >= 11 is 0. The van der Waals surface area contributed by atoms with Gasteiger partial charge in [-0.3, -0.25) is 9.78 Å². The van der Waals surface area contributed by atoms with Crippen LogP contribution in [0.15, 0.2) is 35.4 Å². The third-order valence-corrected chi connectivity index (χ3v) is 3.53. The molecular formula is C17H18FNO. The fourth-order valence-electron chi connectivity index (χ4n) is 2.19. The first-order chi connectivity index (χ1) is 9.41. The van der Waals surface area contributed by atoms with E-state index >= 15 is 0 Å². The molecule has 0 saturated heterocycles. The first-order valence-electron chi connectivity index (χ1n) is 6.67. The molecule has 0 fully saturated rings. The van der Waals surface area contributed by atoms with E-state index in [0.29, 0.717) is 11.1 Å². The summed E-state index contributed by atoms with van der Waals surface area (Å²) in [5, 5.41) is 0. The molecule has 2 rings (SSSR count). The van der Waals surface area contributed by atoms with Crippen LogP contribution in [0, 0.1) is 19.7 Å². The first-order valence-corrected chi connectivity index (χ1v) is 6.67. The van der Waals surface area contributed by atoms with Gasteiger partial charge in [-0.05, 0) is 42.5 Å². The highest BCUT2D eigenvalue weighted by Crippen LogP contribution is 2.25. The zero-order valence-corrected chi connectivity index (χ0v) is 12.2. The van der Waals surface area contributed by atoms with Crippen molar-refractivity contribution in [3.63, 3.8) is 0 Å². The van der Waals surface area contributed by atoms with Gasteiger partial charge in [0.1, 0.15) is 5.82 Å². The standard InChI is InChI=1S/C17H18FNO/c1-10(2)14-7-13(6-5-11(3)17(14)20)15-8-19-9-16(18)12(15)4/h5-10H,1-4H3. The van der Waals surface area contributed by atoms with E-state index in [2.05, 4.69) is 4.98 Å². The summed E-state index contributed by atoms with van der Waals surface area (Å²) in [4.78, 5) is 16.2. The lowest BCUT2D eigenvalue weighted by molar-refractivity contribution is 0.613. The molecule has 0 aliphatic carbocycles. The van der Waals surface area contributed by atoms with Crippen LogP contribution in [0.1, 0.15) is 36.5 Å². The monoisotopic (exact) mass is 271 g/mol. The Balaban J connectivity index is 2.77. The Kier molecular flexibility index (Phi) is 3.98. The molecule has 20 heavy (non-hydrogen) atoms. The van der Waals surface area contributed by atoms with Gasteiger partial charge in [0.15, 0.2) is 5.43 Å². The summed E-state index contributed by atoms with van der Waals surface area (Å²) in [5.74, 6) is -0.214. The van der Waals surface area contributed by atoms with Crippen molar-refractivity contribution in [2.24, 2.45) is 0 Å². The Morgan fingerprint density at radius 1 is 1.15 bits per heavy atom. The Morgan fingerprint density at radius 2 is 1.85 bits per heavy atom. The van der Waals surface area contributed by atoms with Gasteiger partial charge in [0.05, 0.1) is 6.20 Å². The summed E-state index contributed by atoms with van der Waals surface area (Å²) in [6.07, 6.45) is 2.84. The number of aryl methyl sites for hydroxylation is 1. The van der Waals surface area contributed by atoms with E-state index in [0.717, 1.165) is 16.7 Å². The van der Waals surface area contributed by atoms with E-state index < -0.39 is 0 Å². The molecule has 0 aliphatic heterocycles. The Morgan fingerprint density at radius 3 is 2.50 bits per heavy atom. The van der Waals surface area contributed by atoms with Crippen LogP contribution in [0.25, 0.3) is 11.1 Å². The fourth-order valence-corrected chi connectivity index (χ4v) is 2.19. The second-order valence-corrected chi connectivity index (χ2v) is 5.35. The lowest BCUT2D eigenvalue weighted by atomic mass is 9.99. The molecule has 1 aromatic heterocycles. The molecule has 104 valence electrons. The number of halogens is 1. The van der Waals surface area contributed by atoms with Gasteiger partial charge in [-0.15, -0.1) is 0 Å². The number of rotatable bonds is 2. The molecule has 0 radical (unpaired) electrons. The highest BCUT2D eigenvalue weighted by atomic mass is 19.1. The van der Waals surface area contributed by atoms with Crippen LogP contribution in [0.4, 0.5) is 4.39 Å². The van der Waals surface area contributed by atoms with Gasteiger partial charge < -0.3 is 0 Å². The molecule has 2 nitrogen and oxygen atoms in total. The Bertz CT molecular complexity index is 708. The maximum absolute atomic E-state index is 13.7. The molecule has 0 spiro atoms. The van der Waals surface area contributed by atoms with Crippen LogP contribution in [-0.4, -0.2) is 4.98 Å². The van der Waals surface area contributed by atoms with Gasteiger partial charge in [-0.25, -0.2) is 4.39 Å². The van der Waals surface area contributed by atoms with Crippen LogP contribution in [0.2, 0.25) is 0 Å². The minimum Gasteiger partial charge on any atom is -0.289 e. The molecule has 0 unspecified atom stereocenters. The van der Waals surface area contributed by atoms with Crippen molar-refractivity contribution in [2.75, 3.05) is 0 Å². The van der Waals surface area contributed by atoms with Gasteiger partial charge >= 0.3 is 0 Å². The topological polar surface area (TPSA) is 30.0 Å². The molecule has 0 bridgehead atoms. The molecule has 0 N–H and O–H groups in total. The van der Waals surface area contributed by atoms with Crippen molar-refractivity contribution in [1.82, 2.24) is 4.98 Å². The summed E-state index contributed by atoms with van der Waals surface area (Å²) in [7, 11) is 0. The minimum atomic E-state index is -0.334. The predicted molar refractivity (Wildman–Crippen MR) is 79.5 cm³/mol. The predicted octanol–water partition coefficient (Wildman–Crippen LogP) is 3.99. The van der Waals surface area contributed by atoms with Crippen LogP contribution < -0.4 is 5.43 Å². The maximum atomic E-state index is 13.7. The normalized spacial score (nSPS) is 10.9. The lowest BCUT2D eigenvalue weighted by Gasteiger charge is -2.06. The van der Waals surface area contributed by atoms with Crippen molar-refractivity contribution in [2.45, 2.75) is 33.6 Å². The highest BCUT2D eigenvalue weighted by molar-refractivity contribution is 5.66. The summed E-state index contributed by atoms with van der Waals surface area (Å²) in [5.41, 5.74) is 3.58. The summed E-state index contributed by atoms with van der Waals surface area (Å²) in [6.45, 7) is 7.49. The minimum absolute atomic E-state index is 0.0493. The van der Waals surface area contributed by atoms with E-state index in [1.807, 2.05) is 26.0 Å². The number of nitrogens with zero attached hydrogens (tertiary/aromatic N) is 1. The van der Waals surface area contributed by atoms with Crippen LogP contribution in [0.5, 0.6) is 0 Å². The largest absolute Gasteiger partial charge is 0.289 e. The van der Waals surface area contributed by atoms with E-state index in [4.69, 9.17) is 0 Å². The zero-order valence-electron chi connectivity index (χ0n) is 12.2. The van der Waals surface area contributed by atoms with Gasteiger partial charge in [0.2, 0.25) is 0 Å². The Hall–Kier alpha value is -2.03. The van der Waals surface area contributed by atoms with E-state index in [-0.39, 0.29) is 17.2 Å². The number of pyridine rings is 1. The van der Waals surface area contributed by atoms with Gasteiger partial charge in [-0.2, -0.15) is 0 Å². The van der Waals surface area contributed by atoms with Crippen molar-refractivity contribution in [3.8, 4) is 11.1 Å². The summed E-state index contributed by atoms with van der Waals surface area (Å²) in [6, 6.07) is 5.49. The lowest BCUT2D eigenvalue weighted by Crippen LogP contribution is -2.09. The van der Waals surface area contributed by atoms with E-state index in [1.165, 1.54) is 6.20 Å². The molecule has 0 atom stereocenters. The third-order valence-electron chi connectivity index (χ3n) is 3.53. The van der Waals surface area contributed by atoms with E-state index in [9.17, 15) is 9.18 Å². The number of aromatic nitrogens is 1. The molecule has 2 aromatic rings. The number of hydrogen-bond acceptors (Lipinski definition) is 2. The van der Waals surface area contributed by atoms with Crippen molar-refractivity contribution >= 4 is 0 Å². The fraction of sp³-hybridized carbons (Fsp3) is 0.294. The molecule has 3 heteroatoms. The molecule has 0 saturated carbocycles. The molecule has 0 aliphatic rings. The van der Waals surface area contributed by atoms with Gasteiger partial charge in [0, 0.05) is 17.3 Å². The van der Waals surface area contributed by atoms with Gasteiger partial charge in [0.25, 0.3) is 0 Å². The van der Waals surface area contributed by atoms with Crippen molar-refractivity contribution < 1.29 is 4.39 Å². The first kappa shape index (κ1) is 14.4. The second-order valence-electron chi connectivity index (χ2n) is 5.35. The molecular weight excluding hydrogens is 253 g/mol. The van der Waals surface area contributed by atoms with Crippen molar-refractivity contribution in [1.29, 1.82) is 0 Å². The maximum Gasteiger partial charge on any atom is 0.184 e. The quantitative estimate of drug-likeness (QED) is 0.826. The smallest absolute Gasteiger partial charge is 0.184 e. The Labute approximate surface area is 118 Å². The molecule has 1 aromatic carbocycles. The molecule has 1 heterocycles. The SMILES string of the molecule is Cc1c(F)cncc1-c1ccc(C)c(=O)c(C(C)C)c1. The van der Waals surface area contributed by atoms with Crippen LogP contribution in [-0.2, 0) is 0 Å². The summed E-state index contributed by atoms with van der Waals surface area (Å²) < 4.78 is 13.7. The average molecular weight is 271 g/mol. The number of hydrogen-bond donors (Lipinski definition) is 0. The van der Waals surface area contributed by atoms with Crippen LogP contribution in [0.3, 0.4) is 0 Å². The average Bonchev–Trinajstić information content (AvgIpc) is 2.54. The third kappa shape index (κ3) is 2.62. The van der Waals surface area contributed by atoms with Crippen molar-refractivity contribution in [3.05, 3.63) is 63.3 Å². The van der Waals surface area contributed by atoms with E-state index in [1.54, 1.807) is 26.1 Å². The zero-order chi connectivity index (χ0) is 14.9. The second kappa shape index (κ2) is 5.53. The van der Waals surface area contributed by atoms with Gasteiger partial charge in [-0.1, -0.05) is 26.0 Å².